The number of carbonyl (C=O) groups excluding carboxylic acids is 1. The van der Waals surface area contributed by atoms with E-state index in [9.17, 15) is 4.79 Å². The molecule has 4 rings (SSSR count). The molecule has 0 atom stereocenters. The standard InChI is InChI=1S/C25H20ClN3O3/c1-31-22-14-19-20(15-23(22)32-2)28-25(26)29-24(19)27-18-10-6-9-17(13-18)21(30)12-11-16-7-4-3-5-8-16/h3-15H,1-2H3,(H,27,28,29)/b12-11+. The number of aromatic nitrogens is 2. The van der Waals surface area contributed by atoms with Crippen molar-refractivity contribution in [3.05, 3.63) is 89.2 Å². The Hall–Kier alpha value is -3.90. The van der Waals surface area contributed by atoms with E-state index >= 15 is 0 Å². The molecule has 160 valence electrons. The van der Waals surface area contributed by atoms with Gasteiger partial charge in [0, 0.05) is 22.7 Å². The Bertz CT molecular complexity index is 1310. The molecule has 1 aromatic heterocycles. The Labute approximate surface area is 190 Å². The summed E-state index contributed by atoms with van der Waals surface area (Å²) >= 11 is 6.14. The number of methoxy groups -OCH3 is 2. The number of ketones is 1. The van der Waals surface area contributed by atoms with Crippen molar-refractivity contribution in [3.63, 3.8) is 0 Å². The molecule has 7 heteroatoms. The Morgan fingerprint density at radius 1 is 0.938 bits per heavy atom. The normalized spacial score (nSPS) is 11.0. The van der Waals surface area contributed by atoms with E-state index in [1.807, 2.05) is 36.4 Å². The van der Waals surface area contributed by atoms with Gasteiger partial charge in [0.05, 0.1) is 19.7 Å². The van der Waals surface area contributed by atoms with E-state index in [-0.39, 0.29) is 11.1 Å². The summed E-state index contributed by atoms with van der Waals surface area (Å²) in [4.78, 5) is 21.3. The first-order valence-corrected chi connectivity index (χ1v) is 10.2. The molecule has 0 aliphatic carbocycles. The van der Waals surface area contributed by atoms with Crippen LogP contribution in [0.2, 0.25) is 5.28 Å². The molecule has 3 aromatic carbocycles. The van der Waals surface area contributed by atoms with E-state index in [1.165, 1.54) is 0 Å². The van der Waals surface area contributed by atoms with E-state index in [2.05, 4.69) is 15.3 Å². The quantitative estimate of drug-likeness (QED) is 0.215. The maximum atomic E-state index is 12.7. The molecule has 0 saturated heterocycles. The molecule has 1 N–H and O–H groups in total. The minimum absolute atomic E-state index is 0.0882. The Balaban J connectivity index is 1.65. The van der Waals surface area contributed by atoms with Crippen molar-refractivity contribution < 1.29 is 14.3 Å². The number of benzene rings is 3. The summed E-state index contributed by atoms with van der Waals surface area (Å²) in [5, 5.41) is 4.03. The van der Waals surface area contributed by atoms with Crippen LogP contribution in [0.25, 0.3) is 17.0 Å². The van der Waals surface area contributed by atoms with Gasteiger partial charge >= 0.3 is 0 Å². The van der Waals surface area contributed by atoms with E-state index < -0.39 is 0 Å². The number of ether oxygens (including phenoxy) is 2. The van der Waals surface area contributed by atoms with Crippen LogP contribution in [-0.2, 0) is 0 Å². The lowest BCUT2D eigenvalue weighted by molar-refractivity contribution is 0.104. The Morgan fingerprint density at radius 2 is 1.69 bits per heavy atom. The smallest absolute Gasteiger partial charge is 0.224 e. The third-order valence-corrected chi connectivity index (χ3v) is 4.98. The average molecular weight is 446 g/mol. The maximum Gasteiger partial charge on any atom is 0.224 e. The maximum absolute atomic E-state index is 12.7. The first-order chi connectivity index (χ1) is 15.6. The largest absolute Gasteiger partial charge is 0.493 e. The van der Waals surface area contributed by atoms with Gasteiger partial charge in [0.25, 0.3) is 0 Å². The minimum Gasteiger partial charge on any atom is -0.493 e. The number of anilines is 2. The van der Waals surface area contributed by atoms with Gasteiger partial charge in [-0.15, -0.1) is 0 Å². The number of hydrogen-bond donors (Lipinski definition) is 1. The van der Waals surface area contributed by atoms with Crippen molar-refractivity contribution in [2.24, 2.45) is 0 Å². The monoisotopic (exact) mass is 445 g/mol. The van der Waals surface area contributed by atoms with Crippen LogP contribution in [0.4, 0.5) is 11.5 Å². The molecule has 0 unspecified atom stereocenters. The zero-order valence-electron chi connectivity index (χ0n) is 17.5. The summed E-state index contributed by atoms with van der Waals surface area (Å²) in [7, 11) is 3.12. The van der Waals surface area contributed by atoms with Crippen molar-refractivity contribution in [1.29, 1.82) is 0 Å². The van der Waals surface area contributed by atoms with E-state index in [4.69, 9.17) is 21.1 Å². The molecule has 0 aliphatic heterocycles. The summed E-state index contributed by atoms with van der Waals surface area (Å²) in [6.07, 6.45) is 3.35. The third kappa shape index (κ3) is 4.71. The second-order valence-electron chi connectivity index (χ2n) is 6.88. The highest BCUT2D eigenvalue weighted by atomic mass is 35.5. The zero-order chi connectivity index (χ0) is 22.5. The van der Waals surface area contributed by atoms with Crippen molar-refractivity contribution in [3.8, 4) is 11.5 Å². The second kappa shape index (κ2) is 9.49. The molecule has 6 nitrogen and oxygen atoms in total. The minimum atomic E-state index is -0.102. The molecular formula is C25H20ClN3O3. The number of fused-ring (bicyclic) bond motifs is 1. The number of hydrogen-bond acceptors (Lipinski definition) is 6. The van der Waals surface area contributed by atoms with Gasteiger partial charge in [0.15, 0.2) is 17.3 Å². The second-order valence-corrected chi connectivity index (χ2v) is 7.22. The predicted molar refractivity (Wildman–Crippen MR) is 127 cm³/mol. The van der Waals surface area contributed by atoms with Crippen LogP contribution in [0.5, 0.6) is 11.5 Å². The van der Waals surface area contributed by atoms with E-state index in [0.29, 0.717) is 39.5 Å². The first kappa shape index (κ1) is 21.3. The van der Waals surface area contributed by atoms with Crippen LogP contribution >= 0.6 is 11.6 Å². The number of rotatable bonds is 7. The lowest BCUT2D eigenvalue weighted by Gasteiger charge is -2.13. The number of carbonyl (C=O) groups is 1. The molecule has 0 amide bonds. The summed E-state index contributed by atoms with van der Waals surface area (Å²) in [5.41, 5.74) is 2.80. The number of nitrogens with zero attached hydrogens (tertiary/aromatic N) is 2. The lowest BCUT2D eigenvalue weighted by atomic mass is 10.1. The van der Waals surface area contributed by atoms with E-state index in [0.717, 1.165) is 5.56 Å². The Kier molecular flexibility index (Phi) is 6.33. The lowest BCUT2D eigenvalue weighted by Crippen LogP contribution is -2.00. The topological polar surface area (TPSA) is 73.3 Å². The molecule has 1 heterocycles. The molecule has 0 fully saturated rings. The summed E-state index contributed by atoms with van der Waals surface area (Å²) in [6, 6.07) is 20.4. The number of nitrogens with one attached hydrogen (secondary N) is 1. The van der Waals surface area contributed by atoms with Crippen molar-refractivity contribution in [1.82, 2.24) is 9.97 Å². The van der Waals surface area contributed by atoms with Crippen LogP contribution < -0.4 is 14.8 Å². The van der Waals surface area contributed by atoms with Crippen molar-refractivity contribution >= 4 is 45.9 Å². The molecular weight excluding hydrogens is 426 g/mol. The highest BCUT2D eigenvalue weighted by Gasteiger charge is 2.13. The van der Waals surface area contributed by atoms with Gasteiger partial charge in [0.2, 0.25) is 5.28 Å². The SMILES string of the molecule is COc1cc2nc(Cl)nc(Nc3cccc(C(=O)/C=C/c4ccccc4)c3)c2cc1OC. The first-order valence-electron chi connectivity index (χ1n) is 9.81. The molecule has 4 aromatic rings. The van der Waals surface area contributed by atoms with Gasteiger partial charge in [-0.05, 0) is 41.4 Å². The van der Waals surface area contributed by atoms with Crippen LogP contribution in [-0.4, -0.2) is 30.0 Å². The number of halogens is 1. The Morgan fingerprint density at radius 3 is 2.44 bits per heavy atom. The summed E-state index contributed by atoms with van der Waals surface area (Å²) in [5.74, 6) is 1.47. The summed E-state index contributed by atoms with van der Waals surface area (Å²) in [6.45, 7) is 0. The van der Waals surface area contributed by atoms with Crippen molar-refractivity contribution in [2.45, 2.75) is 0 Å². The van der Waals surface area contributed by atoms with Crippen LogP contribution in [0.15, 0.2) is 72.8 Å². The molecule has 0 spiro atoms. The van der Waals surface area contributed by atoms with Gasteiger partial charge in [-0.25, -0.2) is 4.98 Å². The zero-order valence-corrected chi connectivity index (χ0v) is 18.3. The highest BCUT2D eigenvalue weighted by Crippen LogP contribution is 2.35. The van der Waals surface area contributed by atoms with Crippen LogP contribution in [0.1, 0.15) is 15.9 Å². The van der Waals surface area contributed by atoms with Gasteiger partial charge in [0.1, 0.15) is 5.82 Å². The van der Waals surface area contributed by atoms with Crippen LogP contribution in [0, 0.1) is 0 Å². The average Bonchev–Trinajstić information content (AvgIpc) is 2.82. The summed E-state index contributed by atoms with van der Waals surface area (Å²) < 4.78 is 10.7. The fraction of sp³-hybridized carbons (Fsp3) is 0.0800. The molecule has 0 bridgehead atoms. The molecule has 0 aliphatic rings. The number of allylic oxidation sites excluding steroid dienone is 1. The fourth-order valence-corrected chi connectivity index (χ4v) is 3.42. The molecule has 32 heavy (non-hydrogen) atoms. The highest BCUT2D eigenvalue weighted by molar-refractivity contribution is 6.29. The van der Waals surface area contributed by atoms with Gasteiger partial charge < -0.3 is 14.8 Å². The van der Waals surface area contributed by atoms with Gasteiger partial charge in [-0.2, -0.15) is 4.98 Å². The fourth-order valence-electron chi connectivity index (χ4n) is 3.24. The van der Waals surface area contributed by atoms with Gasteiger partial charge in [-0.1, -0.05) is 48.5 Å². The van der Waals surface area contributed by atoms with Crippen LogP contribution in [0.3, 0.4) is 0 Å². The molecule has 0 saturated carbocycles. The predicted octanol–water partition coefficient (Wildman–Crippen LogP) is 5.94. The van der Waals surface area contributed by atoms with Crippen molar-refractivity contribution in [2.75, 3.05) is 19.5 Å². The molecule has 0 radical (unpaired) electrons. The van der Waals surface area contributed by atoms with Gasteiger partial charge in [-0.3, -0.25) is 4.79 Å². The van der Waals surface area contributed by atoms with E-state index in [1.54, 1.807) is 56.7 Å². The third-order valence-electron chi connectivity index (χ3n) is 4.81.